The molecule has 2 atom stereocenters. The average Bonchev–Trinajstić information content (AvgIpc) is 2.43. The Kier molecular flexibility index (Phi) is 5.65. The molecule has 0 bridgehead atoms. The van der Waals surface area contributed by atoms with Gasteiger partial charge in [0.2, 0.25) is 0 Å². The molecule has 4 nitrogen and oxygen atoms in total. The first-order valence-electron chi connectivity index (χ1n) is 6.08. The first kappa shape index (κ1) is 14.5. The van der Waals surface area contributed by atoms with Gasteiger partial charge in [-0.3, -0.25) is 4.79 Å². The van der Waals surface area contributed by atoms with E-state index in [0.29, 0.717) is 6.42 Å². The molecular formula is C14H21NO3. The Bertz CT molecular complexity index is 375. The van der Waals surface area contributed by atoms with Crippen LogP contribution in [0.4, 0.5) is 0 Å². The second-order valence-electron chi connectivity index (χ2n) is 4.23. The van der Waals surface area contributed by atoms with E-state index in [4.69, 9.17) is 15.2 Å². The number of ether oxygens (including phenoxy) is 2. The molecule has 18 heavy (non-hydrogen) atoms. The summed E-state index contributed by atoms with van der Waals surface area (Å²) in [4.78, 5) is 11.4. The number of rotatable bonds is 6. The molecule has 0 aliphatic carbocycles. The van der Waals surface area contributed by atoms with Crippen molar-refractivity contribution in [2.75, 3.05) is 14.2 Å². The van der Waals surface area contributed by atoms with Crippen molar-refractivity contribution in [3.05, 3.63) is 29.8 Å². The molecule has 4 heteroatoms. The molecule has 100 valence electrons. The smallest absolute Gasteiger partial charge is 0.306 e. The van der Waals surface area contributed by atoms with Gasteiger partial charge in [-0.05, 0) is 24.1 Å². The average molecular weight is 251 g/mol. The molecule has 1 aromatic rings. The van der Waals surface area contributed by atoms with Crippen LogP contribution in [0.5, 0.6) is 5.75 Å². The summed E-state index contributed by atoms with van der Waals surface area (Å²) < 4.78 is 9.84. The van der Waals surface area contributed by atoms with Crippen molar-refractivity contribution < 1.29 is 14.3 Å². The maximum absolute atomic E-state index is 11.4. The van der Waals surface area contributed by atoms with E-state index in [9.17, 15) is 4.79 Å². The molecular weight excluding hydrogens is 230 g/mol. The highest BCUT2D eigenvalue weighted by atomic mass is 16.5. The number of benzene rings is 1. The monoisotopic (exact) mass is 251 g/mol. The molecule has 0 aliphatic rings. The molecule has 0 fully saturated rings. The van der Waals surface area contributed by atoms with Gasteiger partial charge in [0.15, 0.2) is 0 Å². The molecule has 1 aromatic carbocycles. The van der Waals surface area contributed by atoms with Gasteiger partial charge in [-0.1, -0.05) is 19.1 Å². The zero-order valence-electron chi connectivity index (χ0n) is 11.2. The van der Waals surface area contributed by atoms with E-state index in [1.807, 2.05) is 31.2 Å². The normalized spacial score (nSPS) is 13.8. The van der Waals surface area contributed by atoms with Crippen LogP contribution in [0, 0.1) is 0 Å². The summed E-state index contributed by atoms with van der Waals surface area (Å²) in [5.74, 6) is 0.536. The van der Waals surface area contributed by atoms with Crippen LogP contribution >= 0.6 is 0 Å². The molecule has 0 saturated heterocycles. The van der Waals surface area contributed by atoms with Crippen LogP contribution in [-0.2, 0) is 9.53 Å². The molecule has 0 amide bonds. The minimum atomic E-state index is -0.236. The molecule has 0 saturated carbocycles. The second kappa shape index (κ2) is 7.01. The Morgan fingerprint density at radius 3 is 2.33 bits per heavy atom. The zero-order valence-corrected chi connectivity index (χ0v) is 11.2. The highest BCUT2D eigenvalue weighted by molar-refractivity contribution is 5.70. The molecule has 0 aliphatic heterocycles. The summed E-state index contributed by atoms with van der Waals surface area (Å²) in [7, 11) is 3.02. The van der Waals surface area contributed by atoms with Crippen molar-refractivity contribution in [1.82, 2.24) is 0 Å². The van der Waals surface area contributed by atoms with Gasteiger partial charge in [0, 0.05) is 12.0 Å². The SMILES string of the molecule is CCC(N)C(CC(=O)OC)c1ccc(OC)cc1. The van der Waals surface area contributed by atoms with E-state index in [1.165, 1.54) is 7.11 Å². The van der Waals surface area contributed by atoms with Crippen molar-refractivity contribution in [3.8, 4) is 5.75 Å². The Hall–Kier alpha value is -1.55. The first-order valence-corrected chi connectivity index (χ1v) is 6.08. The minimum absolute atomic E-state index is 0.0200. The van der Waals surface area contributed by atoms with Gasteiger partial charge in [0.1, 0.15) is 5.75 Å². The quantitative estimate of drug-likeness (QED) is 0.786. The number of hydrogen-bond donors (Lipinski definition) is 1. The van der Waals surface area contributed by atoms with Crippen molar-refractivity contribution in [2.45, 2.75) is 31.7 Å². The number of esters is 1. The van der Waals surface area contributed by atoms with Gasteiger partial charge in [-0.25, -0.2) is 0 Å². The van der Waals surface area contributed by atoms with E-state index in [2.05, 4.69) is 0 Å². The van der Waals surface area contributed by atoms with E-state index in [1.54, 1.807) is 7.11 Å². The van der Waals surface area contributed by atoms with E-state index < -0.39 is 0 Å². The topological polar surface area (TPSA) is 61.6 Å². The van der Waals surface area contributed by atoms with Crippen LogP contribution in [-0.4, -0.2) is 26.2 Å². The fourth-order valence-corrected chi connectivity index (χ4v) is 1.91. The molecule has 2 N–H and O–H groups in total. The summed E-state index contributed by atoms with van der Waals surface area (Å²) in [5, 5.41) is 0. The van der Waals surface area contributed by atoms with Gasteiger partial charge in [0.05, 0.1) is 20.6 Å². The number of carbonyl (C=O) groups is 1. The van der Waals surface area contributed by atoms with E-state index in [-0.39, 0.29) is 17.9 Å². The van der Waals surface area contributed by atoms with E-state index in [0.717, 1.165) is 17.7 Å². The number of hydrogen-bond acceptors (Lipinski definition) is 4. The first-order chi connectivity index (χ1) is 8.62. The van der Waals surface area contributed by atoms with Gasteiger partial charge in [0.25, 0.3) is 0 Å². The second-order valence-corrected chi connectivity index (χ2v) is 4.23. The lowest BCUT2D eigenvalue weighted by atomic mass is 9.87. The summed E-state index contributed by atoms with van der Waals surface area (Å²) in [6, 6.07) is 7.59. The fraction of sp³-hybridized carbons (Fsp3) is 0.500. The highest BCUT2D eigenvalue weighted by Crippen LogP contribution is 2.26. The van der Waals surface area contributed by atoms with Crippen molar-refractivity contribution in [3.63, 3.8) is 0 Å². The van der Waals surface area contributed by atoms with Gasteiger partial charge in [-0.15, -0.1) is 0 Å². The minimum Gasteiger partial charge on any atom is -0.497 e. The van der Waals surface area contributed by atoms with Gasteiger partial charge < -0.3 is 15.2 Å². The Morgan fingerprint density at radius 1 is 1.28 bits per heavy atom. The van der Waals surface area contributed by atoms with Crippen LogP contribution in [0.3, 0.4) is 0 Å². The maximum Gasteiger partial charge on any atom is 0.306 e. The molecule has 2 unspecified atom stereocenters. The molecule has 0 aromatic heterocycles. The summed E-state index contributed by atoms with van der Waals surface area (Å²) >= 11 is 0. The van der Waals surface area contributed by atoms with Crippen LogP contribution in [0.15, 0.2) is 24.3 Å². The van der Waals surface area contributed by atoms with E-state index >= 15 is 0 Å². The Balaban J connectivity index is 2.90. The molecule has 1 rings (SSSR count). The van der Waals surface area contributed by atoms with Crippen molar-refractivity contribution in [1.29, 1.82) is 0 Å². The van der Waals surface area contributed by atoms with Gasteiger partial charge in [-0.2, -0.15) is 0 Å². The lowest BCUT2D eigenvalue weighted by Gasteiger charge is -2.22. The van der Waals surface area contributed by atoms with Gasteiger partial charge >= 0.3 is 5.97 Å². The van der Waals surface area contributed by atoms with Crippen LogP contribution in [0.25, 0.3) is 0 Å². The highest BCUT2D eigenvalue weighted by Gasteiger charge is 2.22. The zero-order chi connectivity index (χ0) is 13.5. The van der Waals surface area contributed by atoms with Crippen molar-refractivity contribution in [2.24, 2.45) is 5.73 Å². The predicted molar refractivity (Wildman–Crippen MR) is 70.6 cm³/mol. The fourth-order valence-electron chi connectivity index (χ4n) is 1.91. The molecule has 0 radical (unpaired) electrons. The standard InChI is InChI=1S/C14H21NO3/c1-4-13(15)12(9-14(16)18-3)10-5-7-11(17-2)8-6-10/h5-8,12-13H,4,9,15H2,1-3H3. The Labute approximate surface area is 108 Å². The summed E-state index contributed by atoms with van der Waals surface area (Å²) in [6.07, 6.45) is 1.12. The summed E-state index contributed by atoms with van der Waals surface area (Å²) in [5.41, 5.74) is 7.12. The third-order valence-electron chi connectivity index (χ3n) is 3.15. The number of nitrogens with two attached hydrogens (primary N) is 1. The molecule has 0 heterocycles. The largest absolute Gasteiger partial charge is 0.497 e. The third kappa shape index (κ3) is 3.74. The number of methoxy groups -OCH3 is 2. The number of carbonyl (C=O) groups excluding carboxylic acids is 1. The van der Waals surface area contributed by atoms with Crippen LogP contribution in [0.1, 0.15) is 31.2 Å². The maximum atomic E-state index is 11.4. The molecule has 0 spiro atoms. The van der Waals surface area contributed by atoms with Crippen LogP contribution < -0.4 is 10.5 Å². The lowest BCUT2D eigenvalue weighted by molar-refractivity contribution is -0.141. The predicted octanol–water partition coefficient (Wildman–Crippen LogP) is 2.08. The van der Waals surface area contributed by atoms with Crippen LogP contribution in [0.2, 0.25) is 0 Å². The lowest BCUT2D eigenvalue weighted by Crippen LogP contribution is -2.29. The third-order valence-corrected chi connectivity index (χ3v) is 3.15. The summed E-state index contributed by atoms with van der Waals surface area (Å²) in [6.45, 7) is 2.01. The Morgan fingerprint density at radius 2 is 1.89 bits per heavy atom. The van der Waals surface area contributed by atoms with Crippen molar-refractivity contribution >= 4 is 5.97 Å².